The van der Waals surface area contributed by atoms with E-state index in [1.165, 1.54) is 12.0 Å². The SMILES string of the molecule is COC(=O)[C@H](C[C@H]1CN(C(=O)OCc2ccccc2)CCO1)NC(=O)OC(C)(C)C. The Labute approximate surface area is 176 Å². The van der Waals surface area contributed by atoms with Crippen LogP contribution in [0.25, 0.3) is 0 Å². The van der Waals surface area contributed by atoms with Crippen molar-refractivity contribution in [2.24, 2.45) is 0 Å². The third kappa shape index (κ3) is 7.90. The molecule has 1 fully saturated rings. The van der Waals surface area contributed by atoms with E-state index in [1.807, 2.05) is 30.3 Å². The van der Waals surface area contributed by atoms with E-state index in [2.05, 4.69) is 5.32 Å². The quantitative estimate of drug-likeness (QED) is 0.555. The van der Waals surface area contributed by atoms with E-state index in [0.29, 0.717) is 13.2 Å². The van der Waals surface area contributed by atoms with Crippen LogP contribution in [-0.2, 0) is 30.3 Å². The molecule has 9 nitrogen and oxygen atoms in total. The Morgan fingerprint density at radius 1 is 1.23 bits per heavy atom. The number of carbonyl (C=O) groups excluding carboxylic acids is 3. The number of hydrogen-bond acceptors (Lipinski definition) is 7. The van der Waals surface area contributed by atoms with E-state index in [9.17, 15) is 14.4 Å². The predicted octanol–water partition coefficient (Wildman–Crippen LogP) is 2.48. The molecule has 1 heterocycles. The van der Waals surface area contributed by atoms with Crippen LogP contribution in [0.1, 0.15) is 32.8 Å². The molecule has 0 unspecified atom stereocenters. The van der Waals surface area contributed by atoms with Gasteiger partial charge in [-0.2, -0.15) is 0 Å². The number of benzene rings is 1. The molecule has 1 aliphatic rings. The molecule has 1 aromatic rings. The zero-order valence-corrected chi connectivity index (χ0v) is 17.9. The van der Waals surface area contributed by atoms with E-state index in [-0.39, 0.29) is 19.6 Å². The first-order valence-electron chi connectivity index (χ1n) is 9.82. The molecule has 0 bridgehead atoms. The van der Waals surface area contributed by atoms with Gasteiger partial charge in [0.15, 0.2) is 0 Å². The maximum absolute atomic E-state index is 12.4. The lowest BCUT2D eigenvalue weighted by molar-refractivity contribution is -0.144. The second kappa shape index (κ2) is 10.8. The van der Waals surface area contributed by atoms with E-state index in [1.54, 1.807) is 20.8 Å². The molecule has 0 saturated carbocycles. The summed E-state index contributed by atoms with van der Waals surface area (Å²) in [5.74, 6) is -0.617. The number of nitrogens with zero attached hydrogens (tertiary/aromatic N) is 1. The van der Waals surface area contributed by atoms with Gasteiger partial charge in [0.1, 0.15) is 18.2 Å². The van der Waals surface area contributed by atoms with Gasteiger partial charge in [-0.05, 0) is 26.3 Å². The van der Waals surface area contributed by atoms with Crippen LogP contribution in [0, 0.1) is 0 Å². The number of methoxy groups -OCH3 is 1. The first-order valence-corrected chi connectivity index (χ1v) is 9.82. The van der Waals surface area contributed by atoms with Gasteiger partial charge in [0.05, 0.1) is 26.4 Å². The highest BCUT2D eigenvalue weighted by Gasteiger charge is 2.32. The van der Waals surface area contributed by atoms with Crippen molar-refractivity contribution in [3.63, 3.8) is 0 Å². The molecule has 1 aliphatic heterocycles. The molecule has 2 atom stereocenters. The minimum absolute atomic E-state index is 0.133. The van der Waals surface area contributed by atoms with Crippen LogP contribution in [0.5, 0.6) is 0 Å². The lowest BCUT2D eigenvalue weighted by atomic mass is 10.1. The monoisotopic (exact) mass is 422 g/mol. The maximum Gasteiger partial charge on any atom is 0.410 e. The summed E-state index contributed by atoms with van der Waals surface area (Å²) in [5, 5.41) is 2.51. The first-order chi connectivity index (χ1) is 14.2. The molecule has 0 spiro atoms. The fourth-order valence-electron chi connectivity index (χ4n) is 2.91. The first kappa shape index (κ1) is 23.5. The number of amides is 2. The van der Waals surface area contributed by atoms with Crippen LogP contribution in [0.2, 0.25) is 0 Å². The maximum atomic E-state index is 12.4. The molecule has 30 heavy (non-hydrogen) atoms. The second-order valence-electron chi connectivity index (χ2n) is 7.94. The lowest BCUT2D eigenvalue weighted by Gasteiger charge is -2.33. The number of nitrogens with one attached hydrogen (secondary N) is 1. The van der Waals surface area contributed by atoms with E-state index < -0.39 is 35.9 Å². The van der Waals surface area contributed by atoms with Gasteiger partial charge < -0.3 is 29.2 Å². The molecule has 0 aromatic heterocycles. The van der Waals surface area contributed by atoms with Crippen molar-refractivity contribution in [2.45, 2.75) is 51.5 Å². The van der Waals surface area contributed by atoms with Gasteiger partial charge >= 0.3 is 18.2 Å². The van der Waals surface area contributed by atoms with E-state index in [0.717, 1.165) is 5.56 Å². The van der Waals surface area contributed by atoms with Crippen LogP contribution in [0.15, 0.2) is 30.3 Å². The Morgan fingerprint density at radius 3 is 2.57 bits per heavy atom. The Balaban J connectivity index is 1.90. The second-order valence-corrected chi connectivity index (χ2v) is 7.94. The third-order valence-electron chi connectivity index (χ3n) is 4.28. The minimum atomic E-state index is -0.963. The standard InChI is InChI=1S/C21H30N2O7/c1-21(2,3)30-19(25)22-17(18(24)27-4)12-16-13-23(10-11-28-16)20(26)29-14-15-8-6-5-7-9-15/h5-9,16-17H,10-14H2,1-4H3,(H,22,25)/t16-,17-/m0/s1. The van der Waals surface area contributed by atoms with Crippen molar-refractivity contribution in [3.05, 3.63) is 35.9 Å². The van der Waals surface area contributed by atoms with Crippen molar-refractivity contribution in [2.75, 3.05) is 26.8 Å². The summed E-state index contributed by atoms with van der Waals surface area (Å²) >= 11 is 0. The van der Waals surface area contributed by atoms with E-state index in [4.69, 9.17) is 18.9 Å². The summed E-state index contributed by atoms with van der Waals surface area (Å²) in [6.07, 6.45) is -1.52. The highest BCUT2D eigenvalue weighted by Crippen LogP contribution is 2.15. The van der Waals surface area contributed by atoms with Gasteiger partial charge in [-0.1, -0.05) is 30.3 Å². The molecule has 166 valence electrons. The summed E-state index contributed by atoms with van der Waals surface area (Å²) in [7, 11) is 1.24. The number of carbonyl (C=O) groups is 3. The highest BCUT2D eigenvalue weighted by molar-refractivity contribution is 5.81. The smallest absolute Gasteiger partial charge is 0.410 e. The topological polar surface area (TPSA) is 103 Å². The van der Waals surface area contributed by atoms with Gasteiger partial charge in [0, 0.05) is 13.0 Å². The average Bonchev–Trinajstić information content (AvgIpc) is 2.70. The molecule has 1 saturated heterocycles. The molecule has 0 radical (unpaired) electrons. The number of hydrogen-bond donors (Lipinski definition) is 1. The summed E-state index contributed by atoms with van der Waals surface area (Å²) in [6.45, 7) is 6.26. The number of alkyl carbamates (subject to hydrolysis) is 1. The number of morpholine rings is 1. The Kier molecular flexibility index (Phi) is 8.46. The Hall–Kier alpha value is -2.81. The number of ether oxygens (including phenoxy) is 4. The van der Waals surface area contributed by atoms with Gasteiger partial charge in [0.2, 0.25) is 0 Å². The molecule has 1 N–H and O–H groups in total. The zero-order valence-electron chi connectivity index (χ0n) is 17.9. The van der Waals surface area contributed by atoms with Crippen LogP contribution in [0.4, 0.5) is 9.59 Å². The molecule has 0 aliphatic carbocycles. The molecule has 9 heteroatoms. The average molecular weight is 422 g/mol. The van der Waals surface area contributed by atoms with Crippen LogP contribution < -0.4 is 5.32 Å². The lowest BCUT2D eigenvalue weighted by Crippen LogP contribution is -2.51. The van der Waals surface area contributed by atoms with Crippen molar-refractivity contribution >= 4 is 18.2 Å². The number of esters is 1. The molecular formula is C21H30N2O7. The Bertz CT molecular complexity index is 718. The summed E-state index contributed by atoms with van der Waals surface area (Å²) in [6, 6.07) is 8.42. The fourth-order valence-corrected chi connectivity index (χ4v) is 2.91. The van der Waals surface area contributed by atoms with Crippen molar-refractivity contribution in [1.29, 1.82) is 0 Å². The van der Waals surface area contributed by atoms with E-state index >= 15 is 0 Å². The normalized spacial score (nSPS) is 17.6. The zero-order chi connectivity index (χ0) is 22.1. The van der Waals surface area contributed by atoms with Gasteiger partial charge in [0.25, 0.3) is 0 Å². The highest BCUT2D eigenvalue weighted by atomic mass is 16.6. The third-order valence-corrected chi connectivity index (χ3v) is 4.28. The van der Waals surface area contributed by atoms with Crippen LogP contribution in [-0.4, -0.2) is 67.6 Å². The molecule has 2 amide bonds. The Morgan fingerprint density at radius 2 is 1.93 bits per heavy atom. The number of rotatable bonds is 6. The largest absolute Gasteiger partial charge is 0.467 e. The minimum Gasteiger partial charge on any atom is -0.467 e. The van der Waals surface area contributed by atoms with Gasteiger partial charge in [-0.25, -0.2) is 14.4 Å². The summed E-state index contributed by atoms with van der Waals surface area (Å²) in [4.78, 5) is 38.1. The van der Waals surface area contributed by atoms with Crippen molar-refractivity contribution in [3.8, 4) is 0 Å². The van der Waals surface area contributed by atoms with Crippen molar-refractivity contribution in [1.82, 2.24) is 10.2 Å². The van der Waals surface area contributed by atoms with Gasteiger partial charge in [-0.15, -0.1) is 0 Å². The summed E-state index contributed by atoms with van der Waals surface area (Å²) in [5.41, 5.74) is 0.189. The predicted molar refractivity (Wildman–Crippen MR) is 108 cm³/mol. The summed E-state index contributed by atoms with van der Waals surface area (Å²) < 4.78 is 21.0. The van der Waals surface area contributed by atoms with Crippen LogP contribution >= 0.6 is 0 Å². The van der Waals surface area contributed by atoms with Gasteiger partial charge in [-0.3, -0.25) is 0 Å². The fraction of sp³-hybridized carbons (Fsp3) is 0.571. The molecule has 1 aromatic carbocycles. The van der Waals surface area contributed by atoms with Crippen molar-refractivity contribution < 1.29 is 33.3 Å². The molecule has 2 rings (SSSR count). The molecular weight excluding hydrogens is 392 g/mol. The van der Waals surface area contributed by atoms with Crippen LogP contribution in [0.3, 0.4) is 0 Å².